The molecule has 1 aliphatic rings. The highest BCUT2D eigenvalue weighted by Gasteiger charge is 2.20. The molecule has 0 radical (unpaired) electrons. The van der Waals surface area contributed by atoms with Crippen molar-refractivity contribution in [2.75, 3.05) is 26.8 Å². The molecular weight excluding hydrogens is 414 g/mol. The molecule has 1 unspecified atom stereocenters. The van der Waals surface area contributed by atoms with Crippen molar-refractivity contribution in [2.24, 2.45) is 0 Å². The summed E-state index contributed by atoms with van der Waals surface area (Å²) in [6.07, 6.45) is 4.06. The van der Waals surface area contributed by atoms with Gasteiger partial charge < -0.3 is 18.9 Å². The summed E-state index contributed by atoms with van der Waals surface area (Å²) < 4.78 is 13.6. The number of carbonyl (C=O) groups excluding carboxylic acids is 1. The summed E-state index contributed by atoms with van der Waals surface area (Å²) in [6.45, 7) is 6.34. The minimum absolute atomic E-state index is 0.103. The Balaban J connectivity index is 1.64. The molecule has 1 fully saturated rings. The van der Waals surface area contributed by atoms with Crippen molar-refractivity contribution in [3.8, 4) is 11.8 Å². The van der Waals surface area contributed by atoms with E-state index in [0.29, 0.717) is 23.9 Å². The van der Waals surface area contributed by atoms with Crippen LogP contribution in [0.4, 0.5) is 0 Å². The number of nitriles is 1. The predicted molar refractivity (Wildman–Crippen MR) is 121 cm³/mol. The fourth-order valence-electron chi connectivity index (χ4n) is 3.68. The molecule has 2 aromatic rings. The van der Waals surface area contributed by atoms with E-state index in [2.05, 4.69) is 10.6 Å². The molecule has 1 amide bonds. The van der Waals surface area contributed by atoms with Gasteiger partial charge in [-0.2, -0.15) is 5.26 Å². The second kappa shape index (κ2) is 10.5. The van der Waals surface area contributed by atoms with Gasteiger partial charge in [0.05, 0.1) is 12.6 Å². The number of hydrogen-bond acceptors (Lipinski definition) is 4. The van der Waals surface area contributed by atoms with E-state index in [-0.39, 0.29) is 17.6 Å². The van der Waals surface area contributed by atoms with Gasteiger partial charge in [0, 0.05) is 36.6 Å². The Kier molecular flexibility index (Phi) is 7.78. The average Bonchev–Trinajstić information content (AvgIpc) is 3.36. The van der Waals surface area contributed by atoms with E-state index in [9.17, 15) is 10.1 Å². The van der Waals surface area contributed by atoms with Crippen LogP contribution in [0.3, 0.4) is 0 Å². The standard InChI is InChI=1S/C24H28ClN3O3/c1-17-13-19(18(2)28(17)16-23-5-4-11-30-23)14-20(15-26)24(29)27(3)10-12-31-22-8-6-21(25)7-9-22/h6-9,13-14,23H,4-5,10-12,16H2,1-3H3/b20-14+. The number of ether oxygens (including phenoxy) is 2. The first kappa shape index (κ1) is 22.9. The van der Waals surface area contributed by atoms with Crippen LogP contribution < -0.4 is 4.74 Å². The van der Waals surface area contributed by atoms with Crippen LogP contribution in [0.5, 0.6) is 5.75 Å². The molecule has 1 saturated heterocycles. The van der Waals surface area contributed by atoms with Crippen molar-refractivity contribution in [1.29, 1.82) is 5.26 Å². The summed E-state index contributed by atoms with van der Waals surface area (Å²) in [5, 5.41) is 10.2. The molecular formula is C24H28ClN3O3. The summed E-state index contributed by atoms with van der Waals surface area (Å²) in [7, 11) is 1.67. The molecule has 0 spiro atoms. The number of likely N-dealkylation sites (N-methyl/N-ethyl adjacent to an activating group) is 1. The zero-order chi connectivity index (χ0) is 22.4. The lowest BCUT2D eigenvalue weighted by Crippen LogP contribution is -2.31. The monoisotopic (exact) mass is 441 g/mol. The first-order valence-corrected chi connectivity index (χ1v) is 10.8. The van der Waals surface area contributed by atoms with Crippen LogP contribution in [0.1, 0.15) is 29.8 Å². The molecule has 164 valence electrons. The van der Waals surface area contributed by atoms with Gasteiger partial charge in [-0.05, 0) is 68.7 Å². The maximum Gasteiger partial charge on any atom is 0.264 e. The number of aryl methyl sites for hydroxylation is 1. The Morgan fingerprint density at radius 3 is 2.77 bits per heavy atom. The number of nitrogens with zero attached hydrogens (tertiary/aromatic N) is 3. The molecule has 6 nitrogen and oxygen atoms in total. The third-order valence-electron chi connectivity index (χ3n) is 5.53. The number of benzene rings is 1. The van der Waals surface area contributed by atoms with Gasteiger partial charge in [-0.3, -0.25) is 4.79 Å². The minimum Gasteiger partial charge on any atom is -0.492 e. The minimum atomic E-state index is -0.328. The summed E-state index contributed by atoms with van der Waals surface area (Å²) in [5.41, 5.74) is 3.11. The van der Waals surface area contributed by atoms with Crippen molar-refractivity contribution in [3.63, 3.8) is 0 Å². The average molecular weight is 442 g/mol. The third kappa shape index (κ3) is 5.90. The second-order valence-corrected chi connectivity index (χ2v) is 8.21. The van der Waals surface area contributed by atoms with Crippen LogP contribution in [0.2, 0.25) is 5.02 Å². The van der Waals surface area contributed by atoms with E-state index in [0.717, 1.165) is 42.9 Å². The van der Waals surface area contributed by atoms with Gasteiger partial charge in [0.15, 0.2) is 0 Å². The Labute approximate surface area is 188 Å². The van der Waals surface area contributed by atoms with Gasteiger partial charge >= 0.3 is 0 Å². The van der Waals surface area contributed by atoms with E-state index in [1.54, 1.807) is 37.4 Å². The van der Waals surface area contributed by atoms with Crippen LogP contribution in [0, 0.1) is 25.2 Å². The largest absolute Gasteiger partial charge is 0.492 e. The molecule has 7 heteroatoms. The lowest BCUT2D eigenvalue weighted by atomic mass is 10.1. The highest BCUT2D eigenvalue weighted by molar-refractivity contribution is 6.30. The lowest BCUT2D eigenvalue weighted by Gasteiger charge is -2.17. The number of amides is 1. The molecule has 31 heavy (non-hydrogen) atoms. The molecule has 1 atom stereocenters. The van der Waals surface area contributed by atoms with Crippen molar-refractivity contribution in [1.82, 2.24) is 9.47 Å². The van der Waals surface area contributed by atoms with Gasteiger partial charge in [0.2, 0.25) is 0 Å². The molecule has 0 bridgehead atoms. The van der Waals surface area contributed by atoms with Crippen LogP contribution in [-0.2, 0) is 16.1 Å². The van der Waals surface area contributed by atoms with Gasteiger partial charge in [0.1, 0.15) is 24.0 Å². The first-order valence-electron chi connectivity index (χ1n) is 10.4. The summed E-state index contributed by atoms with van der Waals surface area (Å²) >= 11 is 5.87. The fraction of sp³-hybridized carbons (Fsp3) is 0.417. The summed E-state index contributed by atoms with van der Waals surface area (Å²) in [5.74, 6) is 0.353. The smallest absolute Gasteiger partial charge is 0.264 e. The number of hydrogen-bond donors (Lipinski definition) is 0. The maximum absolute atomic E-state index is 12.8. The molecule has 0 aliphatic carbocycles. The van der Waals surface area contributed by atoms with Crippen molar-refractivity contribution in [2.45, 2.75) is 39.3 Å². The number of carbonyl (C=O) groups is 1. The maximum atomic E-state index is 12.8. The van der Waals surface area contributed by atoms with Gasteiger partial charge in [-0.1, -0.05) is 11.6 Å². The molecule has 2 heterocycles. The molecule has 0 saturated carbocycles. The van der Waals surface area contributed by atoms with Crippen LogP contribution >= 0.6 is 11.6 Å². The van der Waals surface area contributed by atoms with Crippen LogP contribution in [0.25, 0.3) is 6.08 Å². The predicted octanol–water partition coefficient (Wildman–Crippen LogP) is 4.38. The van der Waals surface area contributed by atoms with E-state index in [4.69, 9.17) is 21.1 Å². The number of halogens is 1. The van der Waals surface area contributed by atoms with Crippen molar-refractivity contribution < 1.29 is 14.3 Å². The quantitative estimate of drug-likeness (QED) is 0.450. The zero-order valence-electron chi connectivity index (χ0n) is 18.2. The lowest BCUT2D eigenvalue weighted by molar-refractivity contribution is -0.125. The SMILES string of the molecule is Cc1cc(/C=C(\C#N)C(=O)N(C)CCOc2ccc(Cl)cc2)c(C)n1CC1CCCO1. The molecule has 1 aliphatic heterocycles. The van der Waals surface area contributed by atoms with E-state index < -0.39 is 0 Å². The molecule has 0 N–H and O–H groups in total. The Morgan fingerprint density at radius 1 is 1.39 bits per heavy atom. The first-order chi connectivity index (χ1) is 14.9. The number of aromatic nitrogens is 1. The van der Waals surface area contributed by atoms with Crippen LogP contribution in [-0.4, -0.2) is 48.3 Å². The van der Waals surface area contributed by atoms with E-state index in [1.165, 1.54) is 4.90 Å². The Morgan fingerprint density at radius 2 is 2.13 bits per heavy atom. The Bertz CT molecular complexity index is 983. The molecule has 3 rings (SSSR count). The highest BCUT2D eigenvalue weighted by atomic mass is 35.5. The van der Waals surface area contributed by atoms with E-state index >= 15 is 0 Å². The van der Waals surface area contributed by atoms with Gasteiger partial charge in [0.25, 0.3) is 5.91 Å². The third-order valence-corrected chi connectivity index (χ3v) is 5.78. The normalized spacial score (nSPS) is 16.2. The summed E-state index contributed by atoms with van der Waals surface area (Å²) in [6, 6.07) is 11.1. The zero-order valence-corrected chi connectivity index (χ0v) is 19.0. The topological polar surface area (TPSA) is 67.5 Å². The van der Waals surface area contributed by atoms with Crippen LogP contribution in [0.15, 0.2) is 35.9 Å². The summed E-state index contributed by atoms with van der Waals surface area (Å²) in [4.78, 5) is 14.3. The second-order valence-electron chi connectivity index (χ2n) is 7.77. The molecule has 1 aromatic heterocycles. The van der Waals surface area contributed by atoms with Gasteiger partial charge in [-0.15, -0.1) is 0 Å². The highest BCUT2D eigenvalue weighted by Crippen LogP contribution is 2.22. The molecule has 1 aromatic carbocycles. The van der Waals surface area contributed by atoms with Gasteiger partial charge in [-0.25, -0.2) is 0 Å². The van der Waals surface area contributed by atoms with Crippen molar-refractivity contribution >= 4 is 23.6 Å². The van der Waals surface area contributed by atoms with Crippen molar-refractivity contribution in [3.05, 3.63) is 57.9 Å². The number of rotatable bonds is 8. The fourth-order valence-corrected chi connectivity index (χ4v) is 3.81. The Hall–Kier alpha value is -2.75. The van der Waals surface area contributed by atoms with E-state index in [1.807, 2.05) is 19.9 Å².